The minimum Gasteiger partial charge on any atom is -0.324 e. The maximum Gasteiger partial charge on any atom is 0.250 e. The molecule has 3 aliphatic heterocycles. The number of nitrogens with zero attached hydrogens (tertiary/aromatic N) is 1. The largest absolute Gasteiger partial charge is 0.324 e. The van der Waals surface area contributed by atoms with Gasteiger partial charge in [0.25, 0.3) is 0 Å². The number of carbonyl (C=O) groups is 3. The first-order valence-corrected chi connectivity index (χ1v) is 12.1. The normalized spacial score (nSPS) is 28.4. The fourth-order valence-electron chi connectivity index (χ4n) is 5.43. The van der Waals surface area contributed by atoms with Gasteiger partial charge in [0, 0.05) is 23.8 Å². The number of fused-ring (bicyclic) bond motifs is 4. The van der Waals surface area contributed by atoms with E-state index in [9.17, 15) is 18.8 Å². The van der Waals surface area contributed by atoms with Crippen LogP contribution in [0.5, 0.6) is 0 Å². The Labute approximate surface area is 189 Å². The molecule has 2 fully saturated rings. The van der Waals surface area contributed by atoms with Gasteiger partial charge in [-0.25, -0.2) is 4.39 Å². The van der Waals surface area contributed by atoms with Gasteiger partial charge in [0.2, 0.25) is 17.7 Å². The molecule has 32 heavy (non-hydrogen) atoms. The van der Waals surface area contributed by atoms with E-state index >= 15 is 0 Å². The van der Waals surface area contributed by atoms with Crippen molar-refractivity contribution in [1.29, 1.82) is 0 Å². The Morgan fingerprint density at radius 2 is 1.88 bits per heavy atom. The van der Waals surface area contributed by atoms with Gasteiger partial charge in [0.05, 0.1) is 11.8 Å². The number of benzene rings is 2. The minimum absolute atomic E-state index is 0.246. The summed E-state index contributed by atoms with van der Waals surface area (Å²) in [6.07, 6.45) is 3.15. The molecule has 2 aromatic carbocycles. The molecule has 5 rings (SSSR count). The summed E-state index contributed by atoms with van der Waals surface area (Å²) in [7, 11) is 0. The Hall–Kier alpha value is -2.71. The molecule has 1 spiro atoms. The van der Waals surface area contributed by atoms with Crippen LogP contribution in [0, 0.1) is 17.7 Å². The number of anilines is 1. The van der Waals surface area contributed by atoms with Crippen LogP contribution in [-0.4, -0.2) is 47.2 Å². The second kappa shape index (κ2) is 8.01. The van der Waals surface area contributed by atoms with E-state index in [1.54, 1.807) is 11.8 Å². The van der Waals surface area contributed by atoms with E-state index < -0.39 is 29.1 Å². The molecule has 4 unspecified atom stereocenters. The van der Waals surface area contributed by atoms with Crippen molar-refractivity contribution in [2.75, 3.05) is 23.9 Å². The number of hydrogen-bond donors (Lipinski definition) is 2. The van der Waals surface area contributed by atoms with Crippen molar-refractivity contribution >= 4 is 35.2 Å². The van der Waals surface area contributed by atoms with Crippen molar-refractivity contribution in [3.63, 3.8) is 0 Å². The van der Waals surface area contributed by atoms with Crippen molar-refractivity contribution in [2.45, 2.75) is 24.4 Å². The highest BCUT2D eigenvalue weighted by atomic mass is 32.2. The zero-order valence-corrected chi connectivity index (χ0v) is 18.5. The topological polar surface area (TPSA) is 78.5 Å². The average molecular weight is 454 g/mol. The van der Waals surface area contributed by atoms with Crippen molar-refractivity contribution < 1.29 is 18.8 Å². The van der Waals surface area contributed by atoms with Gasteiger partial charge in [-0.15, -0.1) is 0 Å². The van der Waals surface area contributed by atoms with Crippen LogP contribution >= 0.6 is 11.8 Å². The standard InChI is InChI=1S/C24H24FN3O3S/c1-32-12-10-18-19-20(22(30)28(21(19)29)11-9-14-5-3-2-4-6-14)24(27-18)16-13-15(25)7-8-17(16)26-23(24)31/h2-8,13,18-20,27H,9-12H2,1H3,(H,26,31). The summed E-state index contributed by atoms with van der Waals surface area (Å²) in [4.78, 5) is 41.7. The second-order valence-electron chi connectivity index (χ2n) is 8.55. The highest BCUT2D eigenvalue weighted by Gasteiger charge is 2.70. The van der Waals surface area contributed by atoms with Crippen molar-refractivity contribution in [3.05, 3.63) is 65.5 Å². The highest BCUT2D eigenvalue weighted by Crippen LogP contribution is 2.53. The number of nitrogens with one attached hydrogen (secondary N) is 2. The summed E-state index contributed by atoms with van der Waals surface area (Å²) >= 11 is 1.64. The van der Waals surface area contributed by atoms with E-state index in [0.29, 0.717) is 24.1 Å². The molecular formula is C24H24FN3O3S. The molecule has 6 nitrogen and oxygen atoms in total. The van der Waals surface area contributed by atoms with Crippen molar-refractivity contribution in [2.24, 2.45) is 11.8 Å². The smallest absolute Gasteiger partial charge is 0.250 e. The summed E-state index contributed by atoms with van der Waals surface area (Å²) < 4.78 is 14.2. The molecule has 2 aromatic rings. The van der Waals surface area contributed by atoms with Crippen LogP contribution in [0.25, 0.3) is 0 Å². The molecule has 0 aliphatic carbocycles. The molecule has 8 heteroatoms. The van der Waals surface area contributed by atoms with E-state index in [0.717, 1.165) is 11.3 Å². The summed E-state index contributed by atoms with van der Waals surface area (Å²) in [5, 5.41) is 6.13. The molecule has 3 aliphatic rings. The number of rotatable bonds is 6. The number of carbonyl (C=O) groups excluding carboxylic acids is 3. The fourth-order valence-corrected chi connectivity index (χ4v) is 5.92. The third kappa shape index (κ3) is 3.08. The van der Waals surface area contributed by atoms with E-state index in [1.807, 2.05) is 36.6 Å². The van der Waals surface area contributed by atoms with Crippen LogP contribution in [-0.2, 0) is 26.3 Å². The van der Waals surface area contributed by atoms with Crippen LogP contribution in [0.4, 0.5) is 10.1 Å². The first kappa shape index (κ1) is 21.2. The van der Waals surface area contributed by atoms with Crippen molar-refractivity contribution in [3.8, 4) is 0 Å². The quantitative estimate of drug-likeness (QED) is 0.658. The number of imide groups is 1. The van der Waals surface area contributed by atoms with Gasteiger partial charge in [-0.05, 0) is 48.6 Å². The van der Waals surface area contributed by atoms with Crippen LogP contribution in [0.1, 0.15) is 17.5 Å². The molecule has 4 atom stereocenters. The van der Waals surface area contributed by atoms with Crippen LogP contribution in [0.2, 0.25) is 0 Å². The Bertz CT molecular complexity index is 1100. The first-order valence-electron chi connectivity index (χ1n) is 10.7. The van der Waals surface area contributed by atoms with Gasteiger partial charge in [0.15, 0.2) is 0 Å². The van der Waals surface area contributed by atoms with Gasteiger partial charge in [-0.3, -0.25) is 24.6 Å². The molecule has 0 saturated carbocycles. The van der Waals surface area contributed by atoms with E-state index in [1.165, 1.54) is 23.1 Å². The Kier molecular flexibility index (Phi) is 5.29. The maximum atomic E-state index is 14.2. The third-order valence-corrected chi connectivity index (χ3v) is 7.51. The molecule has 0 radical (unpaired) electrons. The van der Waals surface area contributed by atoms with Gasteiger partial charge in [0.1, 0.15) is 11.4 Å². The minimum atomic E-state index is -1.43. The number of halogens is 1. The summed E-state index contributed by atoms with van der Waals surface area (Å²) in [5.41, 5.74) is 0.494. The van der Waals surface area contributed by atoms with Gasteiger partial charge in [-0.1, -0.05) is 30.3 Å². The zero-order valence-electron chi connectivity index (χ0n) is 17.6. The van der Waals surface area contributed by atoms with Crippen molar-refractivity contribution in [1.82, 2.24) is 10.2 Å². The monoisotopic (exact) mass is 453 g/mol. The lowest BCUT2D eigenvalue weighted by atomic mass is 9.76. The Balaban J connectivity index is 1.53. The van der Waals surface area contributed by atoms with E-state index in [4.69, 9.17) is 0 Å². The van der Waals surface area contributed by atoms with Crippen LogP contribution in [0.15, 0.2) is 48.5 Å². The Morgan fingerprint density at radius 1 is 1.09 bits per heavy atom. The number of likely N-dealkylation sites (tertiary alicyclic amines) is 1. The molecule has 0 bridgehead atoms. The average Bonchev–Trinajstić information content (AvgIpc) is 3.37. The zero-order chi connectivity index (χ0) is 22.5. The highest BCUT2D eigenvalue weighted by molar-refractivity contribution is 7.98. The summed E-state index contributed by atoms with van der Waals surface area (Å²) in [5.74, 6) is -2.24. The molecule has 2 N–H and O–H groups in total. The molecule has 3 heterocycles. The lowest BCUT2D eigenvalue weighted by Gasteiger charge is -2.29. The molecule has 3 amide bonds. The number of amides is 3. The van der Waals surface area contributed by atoms with Crippen LogP contribution < -0.4 is 10.6 Å². The van der Waals surface area contributed by atoms with E-state index in [-0.39, 0.29) is 24.4 Å². The fraction of sp³-hybridized carbons (Fsp3) is 0.375. The molecule has 2 saturated heterocycles. The lowest BCUT2D eigenvalue weighted by Crippen LogP contribution is -2.53. The predicted molar refractivity (Wildman–Crippen MR) is 120 cm³/mol. The SMILES string of the molecule is CSCCC1NC2(C(=O)Nc3ccc(F)cc32)C2C(=O)N(CCc3ccccc3)C(=O)C12. The third-order valence-electron chi connectivity index (χ3n) is 6.87. The lowest BCUT2D eigenvalue weighted by molar-refractivity contribution is -0.142. The van der Waals surface area contributed by atoms with E-state index in [2.05, 4.69) is 10.6 Å². The number of thioether (sulfide) groups is 1. The van der Waals surface area contributed by atoms with Gasteiger partial charge in [-0.2, -0.15) is 11.8 Å². The van der Waals surface area contributed by atoms with Crippen LogP contribution in [0.3, 0.4) is 0 Å². The Morgan fingerprint density at radius 3 is 2.62 bits per heavy atom. The first-order chi connectivity index (χ1) is 15.5. The van der Waals surface area contributed by atoms with Gasteiger partial charge < -0.3 is 5.32 Å². The summed E-state index contributed by atoms with van der Waals surface area (Å²) in [6, 6.07) is 13.4. The maximum absolute atomic E-state index is 14.2. The molecular weight excluding hydrogens is 429 g/mol. The van der Waals surface area contributed by atoms with Gasteiger partial charge >= 0.3 is 0 Å². The number of hydrogen-bond acceptors (Lipinski definition) is 5. The molecule has 0 aromatic heterocycles. The second-order valence-corrected chi connectivity index (χ2v) is 9.54. The summed E-state index contributed by atoms with van der Waals surface area (Å²) in [6.45, 7) is 0.262. The molecule has 166 valence electrons. The predicted octanol–water partition coefficient (Wildman–Crippen LogP) is 2.54.